The second-order valence-corrected chi connectivity index (χ2v) is 7.18. The zero-order valence-electron chi connectivity index (χ0n) is 15.0. The van der Waals surface area contributed by atoms with Gasteiger partial charge < -0.3 is 9.73 Å². The van der Waals surface area contributed by atoms with E-state index in [0.717, 1.165) is 31.0 Å². The maximum absolute atomic E-state index is 6.12. The highest BCUT2D eigenvalue weighted by Gasteiger charge is 2.25. The van der Waals surface area contributed by atoms with Crippen molar-refractivity contribution >= 4 is 11.0 Å². The fraction of sp³-hybridized carbons (Fsp3) is 0.364. The highest BCUT2D eigenvalue weighted by Crippen LogP contribution is 2.30. The highest BCUT2D eigenvalue weighted by molar-refractivity contribution is 5.82. The Morgan fingerprint density at radius 2 is 1.88 bits per heavy atom. The molecule has 0 radical (unpaired) electrons. The van der Waals surface area contributed by atoms with Gasteiger partial charge in [0.05, 0.1) is 6.04 Å². The van der Waals surface area contributed by atoms with E-state index in [9.17, 15) is 0 Å². The van der Waals surface area contributed by atoms with Crippen LogP contribution >= 0.6 is 0 Å². The van der Waals surface area contributed by atoms with Crippen molar-refractivity contribution < 1.29 is 4.42 Å². The molecule has 0 saturated carbocycles. The van der Waals surface area contributed by atoms with Crippen LogP contribution in [0.2, 0.25) is 0 Å². The predicted octanol–water partition coefficient (Wildman–Crippen LogP) is 4.67. The van der Waals surface area contributed by atoms with Crippen molar-refractivity contribution in [2.24, 2.45) is 0 Å². The monoisotopic (exact) mass is 334 g/mol. The molecule has 3 aromatic rings. The first-order valence-corrected chi connectivity index (χ1v) is 9.21. The standard InChI is InChI=1S/C22H26N2O/c1-16-20-10-6-7-11-21(20)25-22(16)17(2)23-19-12-13-24(15-19)14-18-8-4-3-5-9-18/h3-11,17,19,23H,12-15H2,1-2H3. The third-order valence-electron chi connectivity index (χ3n) is 5.28. The maximum atomic E-state index is 6.12. The van der Waals surface area contributed by atoms with E-state index in [1.807, 2.05) is 6.07 Å². The molecule has 4 rings (SSSR count). The molecule has 0 spiro atoms. The molecular weight excluding hydrogens is 308 g/mol. The number of hydrogen-bond donors (Lipinski definition) is 1. The first-order valence-electron chi connectivity index (χ1n) is 9.21. The summed E-state index contributed by atoms with van der Waals surface area (Å²) in [5, 5.41) is 5.00. The number of benzene rings is 2. The number of hydrogen-bond acceptors (Lipinski definition) is 3. The molecular formula is C22H26N2O. The molecule has 1 aliphatic rings. The largest absolute Gasteiger partial charge is 0.459 e. The van der Waals surface area contributed by atoms with Crippen LogP contribution in [-0.4, -0.2) is 24.0 Å². The smallest absolute Gasteiger partial charge is 0.134 e. The van der Waals surface area contributed by atoms with Crippen LogP contribution in [-0.2, 0) is 6.54 Å². The van der Waals surface area contributed by atoms with Gasteiger partial charge in [-0.1, -0.05) is 48.5 Å². The van der Waals surface area contributed by atoms with Crippen LogP contribution in [0.3, 0.4) is 0 Å². The lowest BCUT2D eigenvalue weighted by Gasteiger charge is -2.20. The molecule has 1 saturated heterocycles. The van der Waals surface area contributed by atoms with Crippen molar-refractivity contribution in [2.75, 3.05) is 13.1 Å². The quantitative estimate of drug-likeness (QED) is 0.735. The SMILES string of the molecule is Cc1c(C(C)NC2CCN(Cc3ccccc3)C2)oc2ccccc12. The first kappa shape index (κ1) is 16.4. The van der Waals surface area contributed by atoms with Gasteiger partial charge in [-0.25, -0.2) is 0 Å². The molecule has 0 amide bonds. The Hall–Kier alpha value is -2.10. The Bertz CT molecular complexity index is 840. The van der Waals surface area contributed by atoms with Gasteiger partial charge in [0.15, 0.2) is 0 Å². The minimum atomic E-state index is 0.231. The topological polar surface area (TPSA) is 28.4 Å². The Kier molecular flexibility index (Phi) is 4.60. The summed E-state index contributed by atoms with van der Waals surface area (Å²) in [4.78, 5) is 2.53. The summed E-state index contributed by atoms with van der Waals surface area (Å²) in [6.45, 7) is 7.66. The second kappa shape index (κ2) is 7.03. The summed E-state index contributed by atoms with van der Waals surface area (Å²) in [6, 6.07) is 19.8. The van der Waals surface area contributed by atoms with Crippen LogP contribution in [0.4, 0.5) is 0 Å². The number of para-hydroxylation sites is 1. The van der Waals surface area contributed by atoms with Crippen molar-refractivity contribution in [3.8, 4) is 0 Å². The molecule has 2 aromatic carbocycles. The number of furan rings is 1. The van der Waals surface area contributed by atoms with Gasteiger partial charge in [-0.3, -0.25) is 4.90 Å². The average molecular weight is 334 g/mol. The number of rotatable bonds is 5. The van der Waals surface area contributed by atoms with E-state index in [2.05, 4.69) is 72.6 Å². The van der Waals surface area contributed by atoms with Gasteiger partial charge in [-0.15, -0.1) is 0 Å². The molecule has 1 aliphatic heterocycles. The lowest BCUT2D eigenvalue weighted by atomic mass is 10.1. The van der Waals surface area contributed by atoms with E-state index in [1.54, 1.807) is 0 Å². The maximum Gasteiger partial charge on any atom is 0.134 e. The average Bonchev–Trinajstić information content (AvgIpc) is 3.20. The summed E-state index contributed by atoms with van der Waals surface area (Å²) >= 11 is 0. The van der Waals surface area contributed by atoms with Crippen LogP contribution < -0.4 is 5.32 Å². The molecule has 1 aromatic heterocycles. The number of nitrogens with one attached hydrogen (secondary N) is 1. The lowest BCUT2D eigenvalue weighted by Crippen LogP contribution is -2.34. The molecule has 130 valence electrons. The van der Waals surface area contributed by atoms with Gasteiger partial charge in [0, 0.05) is 31.1 Å². The van der Waals surface area contributed by atoms with Crippen LogP contribution in [0.1, 0.15) is 36.3 Å². The molecule has 2 unspecified atom stereocenters. The second-order valence-electron chi connectivity index (χ2n) is 7.18. The van der Waals surface area contributed by atoms with Crippen LogP contribution in [0, 0.1) is 6.92 Å². The molecule has 0 bridgehead atoms. The molecule has 1 N–H and O–H groups in total. The molecule has 2 atom stereocenters. The van der Waals surface area contributed by atoms with Crippen LogP contribution in [0.15, 0.2) is 59.0 Å². The normalized spacial score (nSPS) is 19.5. The van der Waals surface area contributed by atoms with Crippen molar-refractivity contribution in [1.29, 1.82) is 0 Å². The molecule has 0 aliphatic carbocycles. The molecule has 3 heteroatoms. The van der Waals surface area contributed by atoms with Gasteiger partial charge >= 0.3 is 0 Å². The number of fused-ring (bicyclic) bond motifs is 1. The minimum Gasteiger partial charge on any atom is -0.459 e. The van der Waals surface area contributed by atoms with Crippen molar-refractivity contribution in [2.45, 2.75) is 38.9 Å². The van der Waals surface area contributed by atoms with E-state index >= 15 is 0 Å². The molecule has 2 heterocycles. The minimum absolute atomic E-state index is 0.231. The van der Waals surface area contributed by atoms with E-state index in [-0.39, 0.29) is 6.04 Å². The van der Waals surface area contributed by atoms with Gasteiger partial charge in [-0.05, 0) is 37.5 Å². The van der Waals surface area contributed by atoms with E-state index in [1.165, 1.54) is 22.9 Å². The Labute approximate surface area is 149 Å². The van der Waals surface area contributed by atoms with Crippen LogP contribution in [0.5, 0.6) is 0 Å². The van der Waals surface area contributed by atoms with Gasteiger partial charge in [0.25, 0.3) is 0 Å². The number of aryl methyl sites for hydroxylation is 1. The first-order chi connectivity index (χ1) is 12.2. The van der Waals surface area contributed by atoms with Crippen molar-refractivity contribution in [3.05, 3.63) is 71.5 Å². The van der Waals surface area contributed by atoms with E-state index < -0.39 is 0 Å². The van der Waals surface area contributed by atoms with E-state index in [4.69, 9.17) is 4.42 Å². The van der Waals surface area contributed by atoms with Gasteiger partial charge in [0.2, 0.25) is 0 Å². The Balaban J connectivity index is 1.39. The molecule has 1 fully saturated rings. The number of nitrogens with zero attached hydrogens (tertiary/aromatic N) is 1. The fourth-order valence-corrected chi connectivity index (χ4v) is 3.99. The van der Waals surface area contributed by atoms with Crippen molar-refractivity contribution in [3.63, 3.8) is 0 Å². The fourth-order valence-electron chi connectivity index (χ4n) is 3.99. The van der Waals surface area contributed by atoms with E-state index in [0.29, 0.717) is 6.04 Å². The molecule has 25 heavy (non-hydrogen) atoms. The van der Waals surface area contributed by atoms with Gasteiger partial charge in [0.1, 0.15) is 11.3 Å². The summed E-state index contributed by atoms with van der Waals surface area (Å²) < 4.78 is 6.12. The van der Waals surface area contributed by atoms with Gasteiger partial charge in [-0.2, -0.15) is 0 Å². The third-order valence-corrected chi connectivity index (χ3v) is 5.28. The third kappa shape index (κ3) is 3.48. The van der Waals surface area contributed by atoms with Crippen LogP contribution in [0.25, 0.3) is 11.0 Å². The number of likely N-dealkylation sites (tertiary alicyclic amines) is 1. The Morgan fingerprint density at radius 3 is 2.68 bits per heavy atom. The zero-order chi connectivity index (χ0) is 17.2. The lowest BCUT2D eigenvalue weighted by molar-refractivity contribution is 0.312. The Morgan fingerprint density at radius 1 is 1.12 bits per heavy atom. The van der Waals surface area contributed by atoms with Crippen molar-refractivity contribution in [1.82, 2.24) is 10.2 Å². The summed E-state index contributed by atoms with van der Waals surface area (Å²) in [6.07, 6.45) is 1.19. The highest BCUT2D eigenvalue weighted by atomic mass is 16.3. The molecule has 3 nitrogen and oxygen atoms in total. The summed E-state index contributed by atoms with van der Waals surface area (Å²) in [5.74, 6) is 1.07. The summed E-state index contributed by atoms with van der Waals surface area (Å²) in [5.41, 5.74) is 3.64. The predicted molar refractivity (Wildman–Crippen MR) is 103 cm³/mol. The summed E-state index contributed by atoms with van der Waals surface area (Å²) in [7, 11) is 0. The zero-order valence-corrected chi connectivity index (χ0v) is 15.0.